The molecule has 0 spiro atoms. The minimum absolute atomic E-state index is 0.0196. The Morgan fingerprint density at radius 1 is 1.10 bits per heavy atom. The third-order valence-corrected chi connectivity index (χ3v) is 6.77. The number of fused-ring (bicyclic) bond motifs is 1. The molecule has 1 aliphatic heterocycles. The lowest BCUT2D eigenvalue weighted by Crippen LogP contribution is -2.50. The number of benzene rings is 1. The van der Waals surface area contributed by atoms with Crippen LogP contribution in [0.4, 0.5) is 0 Å². The van der Waals surface area contributed by atoms with Gasteiger partial charge in [0.15, 0.2) is 0 Å². The van der Waals surface area contributed by atoms with Crippen LogP contribution in [0.5, 0.6) is 0 Å². The van der Waals surface area contributed by atoms with E-state index in [-0.39, 0.29) is 24.0 Å². The van der Waals surface area contributed by atoms with E-state index >= 15 is 0 Å². The number of hydrogen-bond donors (Lipinski definition) is 2. The molecular formula is C24H35N3O3. The van der Waals surface area contributed by atoms with Gasteiger partial charge in [0.1, 0.15) is 0 Å². The summed E-state index contributed by atoms with van der Waals surface area (Å²) in [7, 11) is 0. The Hall–Kier alpha value is -1.92. The molecule has 2 saturated carbocycles. The first-order valence-corrected chi connectivity index (χ1v) is 11.5. The monoisotopic (exact) mass is 413 g/mol. The second kappa shape index (κ2) is 9.92. The van der Waals surface area contributed by atoms with E-state index < -0.39 is 0 Å². The van der Waals surface area contributed by atoms with Crippen LogP contribution in [0.3, 0.4) is 0 Å². The summed E-state index contributed by atoms with van der Waals surface area (Å²) in [5.41, 5.74) is 1.24. The highest BCUT2D eigenvalue weighted by Crippen LogP contribution is 2.38. The molecule has 4 atom stereocenters. The van der Waals surface area contributed by atoms with Crippen LogP contribution >= 0.6 is 0 Å². The van der Waals surface area contributed by atoms with E-state index in [0.29, 0.717) is 24.9 Å². The molecule has 3 aliphatic rings. The normalized spacial score (nSPS) is 28.7. The summed E-state index contributed by atoms with van der Waals surface area (Å²) in [5.74, 6) is 1.92. The fourth-order valence-corrected chi connectivity index (χ4v) is 5.03. The zero-order valence-electron chi connectivity index (χ0n) is 18.0. The summed E-state index contributed by atoms with van der Waals surface area (Å²) in [6, 6.07) is 10.3. The summed E-state index contributed by atoms with van der Waals surface area (Å²) in [5, 5.41) is 6.19. The highest BCUT2D eigenvalue weighted by molar-refractivity contribution is 5.78. The third kappa shape index (κ3) is 6.05. The van der Waals surface area contributed by atoms with Crippen molar-refractivity contribution in [1.29, 1.82) is 0 Å². The maximum absolute atomic E-state index is 12.4. The van der Waals surface area contributed by atoms with Gasteiger partial charge in [-0.3, -0.25) is 14.5 Å². The maximum Gasteiger partial charge on any atom is 0.234 e. The van der Waals surface area contributed by atoms with Crippen molar-refractivity contribution in [2.75, 3.05) is 32.8 Å². The lowest BCUT2D eigenvalue weighted by atomic mass is 9.77. The number of hydrogen-bond acceptors (Lipinski definition) is 4. The summed E-state index contributed by atoms with van der Waals surface area (Å²) in [6.45, 7) is 5.43. The zero-order chi connectivity index (χ0) is 20.9. The quantitative estimate of drug-likeness (QED) is 0.650. The van der Waals surface area contributed by atoms with Crippen molar-refractivity contribution >= 4 is 11.8 Å². The minimum Gasteiger partial charge on any atom is -0.376 e. The van der Waals surface area contributed by atoms with Crippen LogP contribution < -0.4 is 10.6 Å². The Morgan fingerprint density at radius 3 is 2.53 bits per heavy atom. The van der Waals surface area contributed by atoms with Crippen molar-refractivity contribution in [3.05, 3.63) is 35.9 Å². The van der Waals surface area contributed by atoms with Gasteiger partial charge < -0.3 is 15.4 Å². The van der Waals surface area contributed by atoms with E-state index in [1.165, 1.54) is 18.4 Å². The molecule has 1 heterocycles. The molecule has 0 radical (unpaired) electrons. The second-order valence-corrected chi connectivity index (χ2v) is 9.39. The van der Waals surface area contributed by atoms with Gasteiger partial charge >= 0.3 is 0 Å². The number of amides is 2. The molecule has 3 fully saturated rings. The molecule has 4 rings (SSSR count). The van der Waals surface area contributed by atoms with Crippen LogP contribution in [-0.2, 0) is 20.7 Å². The van der Waals surface area contributed by atoms with E-state index in [0.717, 1.165) is 44.9 Å². The molecule has 1 saturated heterocycles. The predicted molar refractivity (Wildman–Crippen MR) is 116 cm³/mol. The fourth-order valence-electron chi connectivity index (χ4n) is 5.03. The van der Waals surface area contributed by atoms with Crippen molar-refractivity contribution in [3.8, 4) is 0 Å². The van der Waals surface area contributed by atoms with Gasteiger partial charge in [0, 0.05) is 33.2 Å². The molecule has 164 valence electrons. The Morgan fingerprint density at radius 2 is 1.83 bits per heavy atom. The number of carbonyl (C=O) groups excluding carboxylic acids is 2. The first-order valence-electron chi connectivity index (χ1n) is 11.5. The van der Waals surface area contributed by atoms with Crippen LogP contribution in [0.25, 0.3) is 0 Å². The van der Waals surface area contributed by atoms with Crippen LogP contribution in [0.15, 0.2) is 30.3 Å². The molecule has 6 nitrogen and oxygen atoms in total. The van der Waals surface area contributed by atoms with Gasteiger partial charge in [0.2, 0.25) is 11.8 Å². The zero-order valence-corrected chi connectivity index (χ0v) is 18.0. The minimum atomic E-state index is 0.0196. The molecule has 2 aliphatic carbocycles. The number of likely N-dealkylation sites (tertiary alicyclic amines) is 1. The molecule has 2 N–H and O–H groups in total. The topological polar surface area (TPSA) is 70.7 Å². The molecule has 0 aromatic heterocycles. The average Bonchev–Trinajstić information content (AvgIpc) is 3.46. The fraction of sp³-hybridized carbons (Fsp3) is 0.667. The molecule has 6 heteroatoms. The molecule has 30 heavy (non-hydrogen) atoms. The van der Waals surface area contributed by atoms with Gasteiger partial charge in [0.05, 0.1) is 18.7 Å². The molecule has 1 aromatic carbocycles. The van der Waals surface area contributed by atoms with E-state index in [4.69, 9.17) is 4.74 Å². The largest absolute Gasteiger partial charge is 0.376 e. The number of carbonyl (C=O) groups is 2. The lowest BCUT2D eigenvalue weighted by molar-refractivity contribution is -0.122. The van der Waals surface area contributed by atoms with Crippen LogP contribution in [-0.4, -0.2) is 61.6 Å². The highest BCUT2D eigenvalue weighted by Gasteiger charge is 2.43. The van der Waals surface area contributed by atoms with E-state index in [2.05, 4.69) is 27.7 Å². The van der Waals surface area contributed by atoms with Gasteiger partial charge in [-0.25, -0.2) is 0 Å². The number of nitrogens with zero attached hydrogens (tertiary/aromatic N) is 1. The smallest absolute Gasteiger partial charge is 0.234 e. The number of rotatable bonds is 9. The Kier molecular flexibility index (Phi) is 7.05. The molecular weight excluding hydrogens is 378 g/mol. The van der Waals surface area contributed by atoms with Gasteiger partial charge in [0.25, 0.3) is 0 Å². The average molecular weight is 414 g/mol. The number of ether oxygens (including phenoxy) is 1. The molecule has 0 unspecified atom stereocenters. The van der Waals surface area contributed by atoms with E-state index in [9.17, 15) is 9.59 Å². The van der Waals surface area contributed by atoms with Crippen LogP contribution in [0.2, 0.25) is 0 Å². The molecule has 0 bridgehead atoms. The summed E-state index contributed by atoms with van der Waals surface area (Å²) in [4.78, 5) is 26.4. The Labute approximate surface area is 179 Å². The summed E-state index contributed by atoms with van der Waals surface area (Å²) >= 11 is 0. The molecule has 1 aromatic rings. The van der Waals surface area contributed by atoms with Gasteiger partial charge in [-0.2, -0.15) is 0 Å². The Balaban J connectivity index is 1.23. The van der Waals surface area contributed by atoms with E-state index in [1.54, 1.807) is 6.92 Å². The Bertz CT molecular complexity index is 722. The van der Waals surface area contributed by atoms with Crippen molar-refractivity contribution in [3.63, 3.8) is 0 Å². The van der Waals surface area contributed by atoms with Crippen molar-refractivity contribution in [2.45, 2.75) is 51.2 Å². The summed E-state index contributed by atoms with van der Waals surface area (Å²) in [6.07, 6.45) is 5.44. The lowest BCUT2D eigenvalue weighted by Gasteiger charge is -2.38. The van der Waals surface area contributed by atoms with Crippen LogP contribution in [0.1, 0.15) is 38.2 Å². The maximum atomic E-state index is 12.4. The van der Waals surface area contributed by atoms with Crippen molar-refractivity contribution in [1.82, 2.24) is 15.5 Å². The third-order valence-electron chi connectivity index (χ3n) is 6.77. The van der Waals surface area contributed by atoms with Crippen molar-refractivity contribution < 1.29 is 14.3 Å². The summed E-state index contributed by atoms with van der Waals surface area (Å²) < 4.78 is 6.23. The van der Waals surface area contributed by atoms with Crippen LogP contribution in [0, 0.1) is 17.8 Å². The predicted octanol–water partition coefficient (Wildman–Crippen LogP) is 1.99. The van der Waals surface area contributed by atoms with E-state index in [1.807, 2.05) is 18.2 Å². The number of nitrogens with one attached hydrogen (secondary N) is 2. The standard InChI is InChI=1S/C24H35N3O3/c1-17(28)26-22-11-20-13-27(14-21(20)12-23(22)30-16-19-7-8-19)15-24(29)25-10-9-18-5-3-2-4-6-18/h2-6,19-23H,7-16H2,1H3,(H,25,29)(H,26,28)/t20-,21+,22-,23-/m1/s1. The van der Waals surface area contributed by atoms with Crippen molar-refractivity contribution in [2.24, 2.45) is 17.8 Å². The molecule has 2 amide bonds. The van der Waals surface area contributed by atoms with Gasteiger partial charge in [-0.15, -0.1) is 0 Å². The van der Waals surface area contributed by atoms with Gasteiger partial charge in [-0.1, -0.05) is 30.3 Å². The first-order chi connectivity index (χ1) is 14.6. The van der Waals surface area contributed by atoms with Gasteiger partial charge in [-0.05, 0) is 55.4 Å². The second-order valence-electron chi connectivity index (χ2n) is 9.39. The first kappa shape index (κ1) is 21.3. The SMILES string of the molecule is CC(=O)N[C@@H]1C[C@@H]2CN(CC(=O)NCCc3ccccc3)C[C@@H]2C[C@H]1OCC1CC1. The highest BCUT2D eigenvalue weighted by atomic mass is 16.5.